The average Bonchev–Trinajstić information content (AvgIpc) is 3.67. The summed E-state index contributed by atoms with van der Waals surface area (Å²) >= 11 is 0. The molecule has 0 N–H and O–H groups in total. The first kappa shape index (κ1) is 27.9. The lowest BCUT2D eigenvalue weighted by Crippen LogP contribution is -2.19. The number of nitriles is 2. The molecule has 9 rings (SSSR count). The van der Waals surface area contributed by atoms with Gasteiger partial charge in [-0.3, -0.25) is 0 Å². The quantitative estimate of drug-likeness (QED) is 0.198. The molecule has 0 saturated carbocycles. The monoisotopic (exact) mass is 614 g/mol. The van der Waals surface area contributed by atoms with E-state index in [2.05, 4.69) is 155 Å². The molecular formula is C44H30N4. The first-order valence-corrected chi connectivity index (χ1v) is 16.5. The van der Waals surface area contributed by atoms with Gasteiger partial charge < -0.3 is 9.13 Å². The third-order valence-electron chi connectivity index (χ3n) is 10.1. The Bertz CT molecular complexity index is 2560. The van der Waals surface area contributed by atoms with Gasteiger partial charge in [0.25, 0.3) is 0 Å². The maximum atomic E-state index is 10.6. The average molecular weight is 615 g/mol. The van der Waals surface area contributed by atoms with Crippen molar-refractivity contribution < 1.29 is 0 Å². The minimum absolute atomic E-state index is 0.352. The molecule has 0 spiro atoms. The molecule has 0 radical (unpaired) electrons. The fourth-order valence-electron chi connectivity index (χ4n) is 8.06. The molecule has 0 aliphatic heterocycles. The van der Waals surface area contributed by atoms with Gasteiger partial charge in [-0.15, -0.1) is 0 Å². The molecule has 2 heterocycles. The summed E-state index contributed by atoms with van der Waals surface area (Å²) in [4.78, 5) is 0. The van der Waals surface area contributed by atoms with Crippen LogP contribution in [0, 0.1) is 28.6 Å². The van der Waals surface area contributed by atoms with E-state index < -0.39 is 5.92 Å². The minimum Gasteiger partial charge on any atom is -0.313 e. The summed E-state index contributed by atoms with van der Waals surface area (Å²) in [5, 5.41) is 24.8. The van der Waals surface area contributed by atoms with Crippen molar-refractivity contribution in [3.63, 3.8) is 0 Å². The molecule has 5 aromatic carbocycles. The lowest BCUT2D eigenvalue weighted by atomic mass is 9.73. The van der Waals surface area contributed by atoms with Gasteiger partial charge in [0.05, 0.1) is 40.2 Å². The molecule has 0 saturated heterocycles. The van der Waals surface area contributed by atoms with Gasteiger partial charge in [0.2, 0.25) is 0 Å². The molecule has 226 valence electrons. The van der Waals surface area contributed by atoms with Gasteiger partial charge >= 0.3 is 0 Å². The van der Waals surface area contributed by atoms with Gasteiger partial charge in [-0.2, -0.15) is 10.5 Å². The zero-order valence-electron chi connectivity index (χ0n) is 26.2. The van der Waals surface area contributed by atoms with E-state index >= 15 is 0 Å². The second-order valence-electron chi connectivity index (χ2n) is 12.6. The second kappa shape index (κ2) is 11.2. The van der Waals surface area contributed by atoms with Crippen LogP contribution in [-0.2, 0) is 6.42 Å². The highest BCUT2D eigenvalue weighted by molar-refractivity contribution is 6.09. The molecule has 0 amide bonds. The van der Waals surface area contributed by atoms with Crippen LogP contribution in [0.1, 0.15) is 34.7 Å². The highest BCUT2D eigenvalue weighted by atomic mass is 15.0. The summed E-state index contributed by atoms with van der Waals surface area (Å²) in [6, 6.07) is 47.6. The van der Waals surface area contributed by atoms with Crippen LogP contribution in [0.25, 0.3) is 55.7 Å². The molecule has 2 aromatic heterocycles. The van der Waals surface area contributed by atoms with Crippen molar-refractivity contribution in [1.82, 2.24) is 9.13 Å². The number of benzene rings is 5. The standard InChI is InChI=1S/C44H30N4/c45-27-30-24-25-31(28-46)44(37-18-5-10-23-42(37)48-40-21-8-3-16-35(40)36-17-4-9-22-41(36)48)43(30)29-12-11-13-32(26-29)47-38-19-6-1-14-33(38)34-15-2-7-20-39(34)47/h1-8,10-21,23-26,31,44H,9,22H2. The Kier molecular flexibility index (Phi) is 6.49. The van der Waals surface area contributed by atoms with Crippen LogP contribution in [-0.4, -0.2) is 9.13 Å². The Labute approximate surface area is 279 Å². The number of rotatable bonds is 4. The number of hydrogen-bond acceptors (Lipinski definition) is 2. The molecular weight excluding hydrogens is 585 g/mol. The topological polar surface area (TPSA) is 57.4 Å². The van der Waals surface area contributed by atoms with Gasteiger partial charge in [0, 0.05) is 44.7 Å². The molecule has 4 heteroatoms. The van der Waals surface area contributed by atoms with E-state index in [4.69, 9.17) is 0 Å². The zero-order valence-corrected chi connectivity index (χ0v) is 26.2. The molecule has 2 aliphatic carbocycles. The molecule has 2 aliphatic rings. The first-order valence-electron chi connectivity index (χ1n) is 16.5. The maximum Gasteiger partial charge on any atom is 0.0994 e. The van der Waals surface area contributed by atoms with E-state index in [1.54, 1.807) is 0 Å². The first-order chi connectivity index (χ1) is 23.8. The van der Waals surface area contributed by atoms with E-state index in [-0.39, 0.29) is 5.92 Å². The zero-order chi connectivity index (χ0) is 32.2. The van der Waals surface area contributed by atoms with Crippen LogP contribution >= 0.6 is 0 Å². The van der Waals surface area contributed by atoms with Gasteiger partial charge in [-0.25, -0.2) is 0 Å². The normalized spacial score (nSPS) is 17.1. The maximum absolute atomic E-state index is 10.6. The minimum atomic E-state index is -0.451. The molecule has 0 bridgehead atoms. The van der Waals surface area contributed by atoms with E-state index in [0.717, 1.165) is 57.5 Å². The Hall–Kier alpha value is -6.36. The third kappa shape index (κ3) is 4.13. The third-order valence-corrected chi connectivity index (χ3v) is 10.1. The van der Waals surface area contributed by atoms with Crippen LogP contribution in [0.2, 0.25) is 0 Å². The van der Waals surface area contributed by atoms with Crippen molar-refractivity contribution >= 4 is 44.4 Å². The summed E-state index contributed by atoms with van der Waals surface area (Å²) in [5.74, 6) is -0.803. The fourth-order valence-corrected chi connectivity index (χ4v) is 8.06. The highest BCUT2D eigenvalue weighted by Crippen LogP contribution is 2.47. The van der Waals surface area contributed by atoms with Crippen LogP contribution in [0.15, 0.2) is 145 Å². The Balaban J connectivity index is 1.28. The van der Waals surface area contributed by atoms with Crippen molar-refractivity contribution in [2.45, 2.75) is 18.8 Å². The van der Waals surface area contributed by atoms with Crippen molar-refractivity contribution in [2.24, 2.45) is 5.92 Å². The highest BCUT2D eigenvalue weighted by Gasteiger charge is 2.34. The van der Waals surface area contributed by atoms with Crippen LogP contribution in [0.3, 0.4) is 0 Å². The van der Waals surface area contributed by atoms with E-state index in [1.807, 2.05) is 12.2 Å². The largest absolute Gasteiger partial charge is 0.313 e. The van der Waals surface area contributed by atoms with Gasteiger partial charge in [0.15, 0.2) is 0 Å². The summed E-state index contributed by atoms with van der Waals surface area (Å²) in [5.41, 5.74) is 11.5. The van der Waals surface area contributed by atoms with Crippen LogP contribution < -0.4 is 0 Å². The van der Waals surface area contributed by atoms with Gasteiger partial charge in [-0.05, 0) is 72.0 Å². The van der Waals surface area contributed by atoms with Crippen LogP contribution in [0.5, 0.6) is 0 Å². The number of para-hydroxylation sites is 4. The SMILES string of the molecule is N#CC1=C(c2cccc(-n3c4ccccc4c4ccccc43)c2)C(c2ccccc2-n2c3c(c4ccccc42)C=CCC3)C(C#N)C=C1. The molecule has 0 fully saturated rings. The number of allylic oxidation sites excluding steroid dienone is 5. The van der Waals surface area contributed by atoms with E-state index in [9.17, 15) is 10.5 Å². The fraction of sp³-hybridized carbons (Fsp3) is 0.0909. The van der Waals surface area contributed by atoms with Crippen molar-refractivity contribution in [2.75, 3.05) is 0 Å². The molecule has 2 unspecified atom stereocenters. The van der Waals surface area contributed by atoms with Gasteiger partial charge in [0.1, 0.15) is 0 Å². The van der Waals surface area contributed by atoms with E-state index in [1.165, 1.54) is 27.4 Å². The summed E-state index contributed by atoms with van der Waals surface area (Å²) in [6.45, 7) is 0. The number of aromatic nitrogens is 2. The van der Waals surface area contributed by atoms with Crippen LogP contribution in [0.4, 0.5) is 0 Å². The van der Waals surface area contributed by atoms with Crippen molar-refractivity contribution in [3.8, 4) is 23.5 Å². The predicted octanol–water partition coefficient (Wildman–Crippen LogP) is 10.5. The number of hydrogen-bond donors (Lipinski definition) is 0. The van der Waals surface area contributed by atoms with Gasteiger partial charge in [-0.1, -0.05) is 103 Å². The molecule has 4 nitrogen and oxygen atoms in total. The Morgan fingerprint density at radius 2 is 1.31 bits per heavy atom. The lowest BCUT2D eigenvalue weighted by Gasteiger charge is -2.30. The smallest absolute Gasteiger partial charge is 0.0994 e. The summed E-state index contributed by atoms with van der Waals surface area (Å²) in [6.07, 6.45) is 10.2. The van der Waals surface area contributed by atoms with Crippen molar-refractivity contribution in [3.05, 3.63) is 168 Å². The molecule has 2 atom stereocenters. The summed E-state index contributed by atoms with van der Waals surface area (Å²) < 4.78 is 4.70. The molecule has 7 aromatic rings. The number of fused-ring (bicyclic) bond motifs is 6. The predicted molar refractivity (Wildman–Crippen MR) is 195 cm³/mol. The number of nitrogens with zero attached hydrogens (tertiary/aromatic N) is 4. The lowest BCUT2D eigenvalue weighted by molar-refractivity contribution is 0.718. The second-order valence-corrected chi connectivity index (χ2v) is 12.6. The summed E-state index contributed by atoms with van der Waals surface area (Å²) in [7, 11) is 0. The van der Waals surface area contributed by atoms with E-state index in [0.29, 0.717) is 5.57 Å². The Morgan fingerprint density at radius 3 is 2.04 bits per heavy atom. The Morgan fingerprint density at radius 1 is 0.646 bits per heavy atom. The van der Waals surface area contributed by atoms with Crippen molar-refractivity contribution in [1.29, 1.82) is 10.5 Å². The molecule has 48 heavy (non-hydrogen) atoms.